The highest BCUT2D eigenvalue weighted by molar-refractivity contribution is 7.20. The van der Waals surface area contributed by atoms with Crippen molar-refractivity contribution in [3.05, 3.63) is 46.6 Å². The number of carbonyl (C=O) groups excluding carboxylic acids is 1. The van der Waals surface area contributed by atoms with Gasteiger partial charge in [0, 0.05) is 19.7 Å². The summed E-state index contributed by atoms with van der Waals surface area (Å²) in [5.74, 6) is 1.49. The Balaban J connectivity index is 1.73. The average molecular weight is 415 g/mol. The van der Waals surface area contributed by atoms with Crippen molar-refractivity contribution in [3.63, 3.8) is 0 Å². The van der Waals surface area contributed by atoms with Gasteiger partial charge in [-0.3, -0.25) is 4.79 Å². The number of rotatable bonds is 9. The van der Waals surface area contributed by atoms with Gasteiger partial charge in [0.25, 0.3) is 5.91 Å². The van der Waals surface area contributed by atoms with Crippen molar-refractivity contribution < 1.29 is 14.3 Å². The van der Waals surface area contributed by atoms with Gasteiger partial charge < -0.3 is 20.1 Å². The van der Waals surface area contributed by atoms with Crippen LogP contribution in [0.3, 0.4) is 0 Å². The number of anilines is 1. The number of carbonyl (C=O) groups is 1. The Morgan fingerprint density at radius 2 is 1.97 bits per heavy atom. The summed E-state index contributed by atoms with van der Waals surface area (Å²) in [6, 6.07) is 7.95. The van der Waals surface area contributed by atoms with Crippen LogP contribution in [0.1, 0.15) is 27.7 Å². The molecule has 3 rings (SSSR count). The number of amides is 1. The normalized spacial score (nSPS) is 12.0. The van der Waals surface area contributed by atoms with E-state index in [0.717, 1.165) is 40.3 Å². The van der Waals surface area contributed by atoms with Gasteiger partial charge in [-0.25, -0.2) is 9.97 Å². The van der Waals surface area contributed by atoms with E-state index < -0.39 is 0 Å². The Morgan fingerprint density at radius 1 is 1.21 bits per heavy atom. The van der Waals surface area contributed by atoms with Crippen LogP contribution >= 0.6 is 11.3 Å². The van der Waals surface area contributed by atoms with Crippen molar-refractivity contribution in [2.75, 3.05) is 32.7 Å². The lowest BCUT2D eigenvalue weighted by Crippen LogP contribution is -2.35. The lowest BCUT2D eigenvalue weighted by Gasteiger charge is -2.12. The van der Waals surface area contributed by atoms with E-state index in [-0.39, 0.29) is 11.9 Å². The van der Waals surface area contributed by atoms with Crippen molar-refractivity contribution in [1.82, 2.24) is 15.3 Å². The molecule has 0 aliphatic carbocycles. The molecule has 8 heteroatoms. The van der Waals surface area contributed by atoms with Gasteiger partial charge in [-0.15, -0.1) is 11.3 Å². The van der Waals surface area contributed by atoms with Crippen LogP contribution in [0.4, 0.5) is 5.82 Å². The molecule has 2 aromatic heterocycles. The number of thiophene rings is 1. The first kappa shape index (κ1) is 21.0. The van der Waals surface area contributed by atoms with Crippen LogP contribution in [0.15, 0.2) is 30.6 Å². The standard InChI is InChI=1S/C21H26N4O3S/c1-13(11-27-3)25-20(26)18-14(2)17-19(23-12-24-21(17)29-18)22-10-9-15-5-7-16(28-4)8-6-15/h5-8,12-13H,9-11H2,1-4H3,(H,25,26)(H,22,23,24). The van der Waals surface area contributed by atoms with Gasteiger partial charge in [0.15, 0.2) is 0 Å². The summed E-state index contributed by atoms with van der Waals surface area (Å²) in [5, 5.41) is 7.25. The highest BCUT2D eigenvalue weighted by Gasteiger charge is 2.20. The quantitative estimate of drug-likeness (QED) is 0.558. The van der Waals surface area contributed by atoms with E-state index in [0.29, 0.717) is 11.5 Å². The molecule has 0 bridgehead atoms. The fourth-order valence-corrected chi connectivity index (χ4v) is 4.17. The number of nitrogens with one attached hydrogen (secondary N) is 2. The zero-order chi connectivity index (χ0) is 20.8. The number of ether oxygens (including phenoxy) is 2. The molecule has 0 spiro atoms. The SMILES string of the molecule is COCC(C)NC(=O)c1sc2ncnc(NCCc3ccc(OC)cc3)c2c1C. The van der Waals surface area contributed by atoms with E-state index in [9.17, 15) is 4.79 Å². The topological polar surface area (TPSA) is 85.4 Å². The molecule has 0 saturated carbocycles. The zero-order valence-electron chi connectivity index (χ0n) is 17.1. The van der Waals surface area contributed by atoms with Crippen molar-refractivity contribution in [3.8, 4) is 5.75 Å². The van der Waals surface area contributed by atoms with Gasteiger partial charge >= 0.3 is 0 Å². The van der Waals surface area contributed by atoms with E-state index in [4.69, 9.17) is 9.47 Å². The van der Waals surface area contributed by atoms with E-state index >= 15 is 0 Å². The fourth-order valence-electron chi connectivity index (χ4n) is 3.12. The van der Waals surface area contributed by atoms with Crippen LogP contribution in [-0.4, -0.2) is 49.3 Å². The molecular formula is C21H26N4O3S. The summed E-state index contributed by atoms with van der Waals surface area (Å²) in [4.78, 5) is 22.9. The molecule has 3 aromatic rings. The predicted molar refractivity (Wildman–Crippen MR) is 116 cm³/mol. The van der Waals surface area contributed by atoms with E-state index in [1.807, 2.05) is 26.0 Å². The van der Waals surface area contributed by atoms with Crippen LogP contribution < -0.4 is 15.4 Å². The highest BCUT2D eigenvalue weighted by Crippen LogP contribution is 2.33. The number of hydrogen-bond donors (Lipinski definition) is 2. The molecule has 2 heterocycles. The molecule has 0 aliphatic rings. The predicted octanol–water partition coefficient (Wildman–Crippen LogP) is 3.43. The molecule has 2 N–H and O–H groups in total. The van der Waals surface area contributed by atoms with Crippen LogP contribution in [0, 0.1) is 6.92 Å². The van der Waals surface area contributed by atoms with Gasteiger partial charge in [-0.1, -0.05) is 12.1 Å². The molecule has 0 fully saturated rings. The maximum absolute atomic E-state index is 12.6. The Hall–Kier alpha value is -2.71. The van der Waals surface area contributed by atoms with Crippen LogP contribution in [0.2, 0.25) is 0 Å². The van der Waals surface area contributed by atoms with Crippen LogP contribution in [0.25, 0.3) is 10.2 Å². The van der Waals surface area contributed by atoms with Gasteiger partial charge in [-0.05, 0) is 43.5 Å². The van der Waals surface area contributed by atoms with Gasteiger partial charge in [0.2, 0.25) is 0 Å². The lowest BCUT2D eigenvalue weighted by molar-refractivity contribution is 0.0909. The largest absolute Gasteiger partial charge is 0.497 e. The third-order valence-electron chi connectivity index (χ3n) is 4.59. The Bertz CT molecular complexity index is 972. The number of aryl methyl sites for hydroxylation is 1. The van der Waals surface area contributed by atoms with Crippen molar-refractivity contribution in [2.45, 2.75) is 26.3 Å². The minimum atomic E-state index is -0.112. The lowest BCUT2D eigenvalue weighted by atomic mass is 10.1. The minimum absolute atomic E-state index is 0.0645. The summed E-state index contributed by atoms with van der Waals surface area (Å²) in [6.45, 7) is 5.04. The number of aromatic nitrogens is 2. The second-order valence-corrected chi connectivity index (χ2v) is 7.81. The number of nitrogens with zero attached hydrogens (tertiary/aromatic N) is 2. The second kappa shape index (κ2) is 9.67. The van der Waals surface area contributed by atoms with Gasteiger partial charge in [0.1, 0.15) is 22.7 Å². The first-order valence-corrected chi connectivity index (χ1v) is 10.3. The summed E-state index contributed by atoms with van der Waals surface area (Å²) in [6.07, 6.45) is 2.38. The molecule has 0 saturated heterocycles. The molecule has 0 radical (unpaired) electrons. The van der Waals surface area contributed by atoms with Gasteiger partial charge in [0.05, 0.1) is 24.0 Å². The van der Waals surface area contributed by atoms with Crippen molar-refractivity contribution in [1.29, 1.82) is 0 Å². The number of methoxy groups -OCH3 is 2. The first-order valence-electron chi connectivity index (χ1n) is 9.44. The molecular weight excluding hydrogens is 388 g/mol. The fraction of sp³-hybridized carbons (Fsp3) is 0.381. The van der Waals surface area contributed by atoms with Gasteiger partial charge in [-0.2, -0.15) is 0 Å². The summed E-state index contributed by atoms with van der Waals surface area (Å²) in [5.41, 5.74) is 2.09. The monoisotopic (exact) mass is 414 g/mol. The van der Waals surface area contributed by atoms with E-state index in [2.05, 4.69) is 32.7 Å². The van der Waals surface area contributed by atoms with Crippen LogP contribution in [0.5, 0.6) is 5.75 Å². The van der Waals surface area contributed by atoms with Crippen molar-refractivity contribution >= 4 is 33.3 Å². The third-order valence-corrected chi connectivity index (χ3v) is 5.79. The minimum Gasteiger partial charge on any atom is -0.497 e. The summed E-state index contributed by atoms with van der Waals surface area (Å²) >= 11 is 1.38. The summed E-state index contributed by atoms with van der Waals surface area (Å²) in [7, 11) is 3.28. The molecule has 1 aromatic carbocycles. The molecule has 0 aliphatic heterocycles. The molecule has 1 unspecified atom stereocenters. The number of hydrogen-bond acceptors (Lipinski definition) is 7. The third kappa shape index (κ3) is 5.02. The molecule has 1 atom stereocenters. The first-order chi connectivity index (χ1) is 14.0. The van der Waals surface area contributed by atoms with Crippen molar-refractivity contribution in [2.24, 2.45) is 0 Å². The van der Waals surface area contributed by atoms with E-state index in [1.165, 1.54) is 23.2 Å². The van der Waals surface area contributed by atoms with E-state index in [1.54, 1.807) is 14.2 Å². The second-order valence-electron chi connectivity index (χ2n) is 6.81. The Morgan fingerprint density at radius 3 is 2.66 bits per heavy atom. The highest BCUT2D eigenvalue weighted by atomic mass is 32.1. The molecule has 1 amide bonds. The number of benzene rings is 1. The maximum Gasteiger partial charge on any atom is 0.262 e. The molecule has 154 valence electrons. The smallest absolute Gasteiger partial charge is 0.262 e. The Labute approximate surface area is 174 Å². The molecule has 7 nitrogen and oxygen atoms in total. The maximum atomic E-state index is 12.6. The van der Waals surface area contributed by atoms with Crippen LogP contribution in [-0.2, 0) is 11.2 Å². The average Bonchev–Trinajstić information content (AvgIpc) is 3.06. The Kier molecular flexibility index (Phi) is 7.00. The zero-order valence-corrected chi connectivity index (χ0v) is 17.9. The molecule has 29 heavy (non-hydrogen) atoms. The summed E-state index contributed by atoms with van der Waals surface area (Å²) < 4.78 is 10.3. The number of fused-ring (bicyclic) bond motifs is 1.